The molecule has 4 heteroatoms. The summed E-state index contributed by atoms with van der Waals surface area (Å²) in [5.74, 6) is -0.233. The van der Waals surface area contributed by atoms with Crippen molar-refractivity contribution in [3.8, 4) is 0 Å². The maximum atomic E-state index is 10.5. The Kier molecular flexibility index (Phi) is 6.42. The molecular weight excluding hydrogens is 208 g/mol. The first-order valence-corrected chi connectivity index (χ1v) is 6.13. The van der Waals surface area contributed by atoms with Gasteiger partial charge in [0.2, 0.25) is 0 Å². The van der Waals surface area contributed by atoms with Gasteiger partial charge < -0.3 is 14.6 Å². The highest BCUT2D eigenvalue weighted by atomic mass is 16.5. The Morgan fingerprint density at radius 2 is 1.94 bits per heavy atom. The second kappa shape index (κ2) is 7.63. The lowest BCUT2D eigenvalue weighted by Crippen LogP contribution is -2.32. The van der Waals surface area contributed by atoms with Crippen molar-refractivity contribution in [2.75, 3.05) is 13.2 Å². The van der Waals surface area contributed by atoms with E-state index in [0.29, 0.717) is 13.2 Å². The lowest BCUT2D eigenvalue weighted by molar-refractivity contribution is -0.141. The van der Waals surface area contributed by atoms with E-state index < -0.39 is 0 Å². The quantitative estimate of drug-likeness (QED) is 0.557. The molecule has 1 aliphatic rings. The van der Waals surface area contributed by atoms with E-state index in [4.69, 9.17) is 9.47 Å². The van der Waals surface area contributed by atoms with Gasteiger partial charge in [-0.05, 0) is 25.7 Å². The van der Waals surface area contributed by atoms with Crippen molar-refractivity contribution in [1.29, 1.82) is 0 Å². The lowest BCUT2D eigenvalue weighted by Gasteiger charge is -2.27. The fraction of sp³-hybridized carbons (Fsp3) is 0.917. The predicted octanol–water partition coefficient (Wildman–Crippen LogP) is 1.65. The van der Waals surface area contributed by atoms with Crippen molar-refractivity contribution in [3.63, 3.8) is 0 Å². The molecule has 1 aliphatic carbocycles. The van der Waals surface area contributed by atoms with Crippen LogP contribution in [0.4, 0.5) is 0 Å². The minimum atomic E-state index is -0.290. The molecule has 16 heavy (non-hydrogen) atoms. The smallest absolute Gasteiger partial charge is 0.302 e. The van der Waals surface area contributed by atoms with Crippen molar-refractivity contribution >= 4 is 5.97 Å². The lowest BCUT2D eigenvalue weighted by atomic mass is 9.95. The summed E-state index contributed by atoms with van der Waals surface area (Å²) < 4.78 is 10.4. The fourth-order valence-corrected chi connectivity index (χ4v) is 1.93. The van der Waals surface area contributed by atoms with Gasteiger partial charge in [-0.15, -0.1) is 0 Å². The zero-order valence-electron chi connectivity index (χ0n) is 9.98. The monoisotopic (exact) mass is 230 g/mol. The molecule has 1 rings (SSSR count). The zero-order chi connectivity index (χ0) is 11.8. The van der Waals surface area contributed by atoms with Crippen molar-refractivity contribution in [2.45, 2.75) is 57.7 Å². The Hall–Kier alpha value is -0.610. The van der Waals surface area contributed by atoms with Crippen LogP contribution in [0.1, 0.15) is 45.4 Å². The van der Waals surface area contributed by atoms with Crippen LogP contribution >= 0.6 is 0 Å². The van der Waals surface area contributed by atoms with Gasteiger partial charge in [0.1, 0.15) is 0 Å². The van der Waals surface area contributed by atoms with Crippen molar-refractivity contribution in [2.24, 2.45) is 0 Å². The van der Waals surface area contributed by atoms with E-state index in [2.05, 4.69) is 0 Å². The standard InChI is InChI=1S/C12H22O4/c1-10(13)15-8-4-5-9-16-12-7-3-2-6-11(12)14/h11-12,14H,2-9H2,1H3/t11-,12-/m1/s1. The molecule has 0 aromatic rings. The summed E-state index contributed by atoms with van der Waals surface area (Å²) in [5.41, 5.74) is 0. The SMILES string of the molecule is CC(=O)OCCCCO[C@@H]1CCCC[C@H]1O. The number of carbonyl (C=O) groups is 1. The molecule has 0 radical (unpaired) electrons. The number of hydrogen-bond acceptors (Lipinski definition) is 4. The maximum Gasteiger partial charge on any atom is 0.302 e. The van der Waals surface area contributed by atoms with E-state index in [1.54, 1.807) is 0 Å². The third-order valence-corrected chi connectivity index (χ3v) is 2.84. The molecule has 0 aromatic carbocycles. The third kappa shape index (κ3) is 5.47. The Labute approximate surface area is 96.9 Å². The fourth-order valence-electron chi connectivity index (χ4n) is 1.93. The summed E-state index contributed by atoms with van der Waals surface area (Å²) in [6.07, 6.45) is 5.50. The molecule has 2 atom stereocenters. The molecule has 1 N–H and O–H groups in total. The first-order valence-electron chi connectivity index (χ1n) is 6.13. The van der Waals surface area contributed by atoms with Gasteiger partial charge in [-0.2, -0.15) is 0 Å². The molecular formula is C12H22O4. The molecule has 94 valence electrons. The van der Waals surface area contributed by atoms with Crippen LogP contribution in [0, 0.1) is 0 Å². The highest BCUT2D eigenvalue weighted by molar-refractivity contribution is 5.65. The van der Waals surface area contributed by atoms with Crippen LogP contribution in [0.15, 0.2) is 0 Å². The van der Waals surface area contributed by atoms with Crippen LogP contribution in [-0.2, 0) is 14.3 Å². The molecule has 0 spiro atoms. The maximum absolute atomic E-state index is 10.5. The Morgan fingerprint density at radius 1 is 1.25 bits per heavy atom. The number of hydrogen-bond donors (Lipinski definition) is 1. The van der Waals surface area contributed by atoms with Crippen LogP contribution in [0.25, 0.3) is 0 Å². The molecule has 4 nitrogen and oxygen atoms in total. The van der Waals surface area contributed by atoms with Crippen LogP contribution in [-0.4, -0.2) is 36.5 Å². The van der Waals surface area contributed by atoms with Crippen molar-refractivity contribution < 1.29 is 19.4 Å². The molecule has 0 saturated heterocycles. The highest BCUT2D eigenvalue weighted by Crippen LogP contribution is 2.21. The van der Waals surface area contributed by atoms with Crippen LogP contribution in [0.2, 0.25) is 0 Å². The predicted molar refractivity (Wildman–Crippen MR) is 60.1 cm³/mol. The summed E-state index contributed by atoms with van der Waals surface area (Å²) in [4.78, 5) is 10.5. The second-order valence-electron chi connectivity index (χ2n) is 4.31. The topological polar surface area (TPSA) is 55.8 Å². The summed E-state index contributed by atoms with van der Waals surface area (Å²) in [6.45, 7) is 2.52. The van der Waals surface area contributed by atoms with Crippen molar-refractivity contribution in [3.05, 3.63) is 0 Å². The minimum Gasteiger partial charge on any atom is -0.466 e. The van der Waals surface area contributed by atoms with E-state index in [9.17, 15) is 9.90 Å². The summed E-state index contributed by atoms with van der Waals surface area (Å²) in [6, 6.07) is 0. The average molecular weight is 230 g/mol. The summed E-state index contributed by atoms with van der Waals surface area (Å²) >= 11 is 0. The van der Waals surface area contributed by atoms with Gasteiger partial charge in [0.05, 0.1) is 18.8 Å². The number of ether oxygens (including phenoxy) is 2. The Bertz CT molecular complexity index is 205. The number of esters is 1. The van der Waals surface area contributed by atoms with E-state index in [1.807, 2.05) is 0 Å². The van der Waals surface area contributed by atoms with Crippen LogP contribution < -0.4 is 0 Å². The molecule has 1 saturated carbocycles. The zero-order valence-corrected chi connectivity index (χ0v) is 9.98. The summed E-state index contributed by atoms with van der Waals surface area (Å²) in [7, 11) is 0. The Morgan fingerprint density at radius 3 is 2.62 bits per heavy atom. The summed E-state index contributed by atoms with van der Waals surface area (Å²) in [5, 5.41) is 9.65. The molecule has 0 bridgehead atoms. The number of carbonyl (C=O) groups excluding carboxylic acids is 1. The van der Waals surface area contributed by atoms with E-state index in [-0.39, 0.29) is 18.2 Å². The van der Waals surface area contributed by atoms with Gasteiger partial charge >= 0.3 is 5.97 Å². The van der Waals surface area contributed by atoms with Gasteiger partial charge in [0.25, 0.3) is 0 Å². The Balaban J connectivity index is 1.95. The molecule has 1 fully saturated rings. The van der Waals surface area contributed by atoms with Crippen LogP contribution in [0.3, 0.4) is 0 Å². The highest BCUT2D eigenvalue weighted by Gasteiger charge is 2.23. The van der Waals surface area contributed by atoms with Gasteiger partial charge in [-0.3, -0.25) is 4.79 Å². The van der Waals surface area contributed by atoms with Gasteiger partial charge in [-0.25, -0.2) is 0 Å². The number of aliphatic hydroxyl groups excluding tert-OH is 1. The average Bonchev–Trinajstić information content (AvgIpc) is 2.25. The van der Waals surface area contributed by atoms with Gasteiger partial charge in [0.15, 0.2) is 0 Å². The van der Waals surface area contributed by atoms with E-state index >= 15 is 0 Å². The van der Waals surface area contributed by atoms with Crippen LogP contribution in [0.5, 0.6) is 0 Å². The normalized spacial score (nSPS) is 25.4. The first-order chi connectivity index (χ1) is 7.70. The molecule has 0 amide bonds. The van der Waals surface area contributed by atoms with Crippen molar-refractivity contribution in [1.82, 2.24) is 0 Å². The second-order valence-corrected chi connectivity index (χ2v) is 4.31. The molecule has 0 aliphatic heterocycles. The third-order valence-electron chi connectivity index (χ3n) is 2.84. The van der Waals surface area contributed by atoms with Gasteiger partial charge in [-0.1, -0.05) is 12.8 Å². The molecule has 0 heterocycles. The largest absolute Gasteiger partial charge is 0.466 e. The first kappa shape index (κ1) is 13.5. The number of unbranched alkanes of at least 4 members (excludes halogenated alkanes) is 1. The van der Waals surface area contributed by atoms with Gasteiger partial charge in [0, 0.05) is 13.5 Å². The number of rotatable bonds is 6. The molecule has 0 unspecified atom stereocenters. The van der Waals surface area contributed by atoms with E-state index in [1.165, 1.54) is 6.92 Å². The molecule has 0 aromatic heterocycles. The minimum absolute atomic E-state index is 0.0162. The number of aliphatic hydroxyl groups is 1. The van der Waals surface area contributed by atoms with E-state index in [0.717, 1.165) is 38.5 Å².